The van der Waals surface area contributed by atoms with Gasteiger partial charge in [0, 0.05) is 50.3 Å². The number of fused-ring (bicyclic) bond motifs is 1. The minimum Gasteiger partial charge on any atom is -0.444 e. The van der Waals surface area contributed by atoms with Crippen LogP contribution in [0.1, 0.15) is 64.1 Å². The number of H-pyrrole nitrogens is 1. The fourth-order valence-electron chi connectivity index (χ4n) is 4.26. The van der Waals surface area contributed by atoms with Gasteiger partial charge in [0.05, 0.1) is 5.39 Å². The van der Waals surface area contributed by atoms with E-state index in [1.165, 1.54) is 0 Å². The lowest BCUT2D eigenvalue weighted by Gasteiger charge is -2.32. The first-order valence-corrected chi connectivity index (χ1v) is 13.0. The van der Waals surface area contributed by atoms with Gasteiger partial charge in [0.25, 0.3) is 5.56 Å². The van der Waals surface area contributed by atoms with Crippen molar-refractivity contribution < 1.29 is 18.8 Å². The van der Waals surface area contributed by atoms with Crippen molar-refractivity contribution >= 4 is 28.6 Å². The highest BCUT2D eigenvalue weighted by Crippen LogP contribution is 2.27. The van der Waals surface area contributed by atoms with E-state index in [1.807, 2.05) is 39.0 Å². The summed E-state index contributed by atoms with van der Waals surface area (Å²) in [6.45, 7) is 7.80. The Labute approximate surface area is 220 Å². The molecule has 3 N–H and O–H groups in total. The molecule has 0 saturated carbocycles. The number of hydrogen-bond donors (Lipinski definition) is 3. The Kier molecular flexibility index (Phi) is 8.59. The van der Waals surface area contributed by atoms with Crippen LogP contribution in [0.4, 0.5) is 10.6 Å². The number of aromatic amines is 1. The SMILES string of the molecule is CC(C)(C)OC(=O)N1CCC(c2noc(CCC(=O)NCCCNc3n[nH]c(=O)c4ccccc34)n2)CC1. The zero-order valence-electron chi connectivity index (χ0n) is 22.1. The Morgan fingerprint density at radius 3 is 2.63 bits per heavy atom. The average Bonchev–Trinajstić information content (AvgIpc) is 3.37. The number of carbonyl (C=O) groups excluding carboxylic acids is 2. The summed E-state index contributed by atoms with van der Waals surface area (Å²) < 4.78 is 10.8. The number of aromatic nitrogens is 4. The molecule has 1 aromatic carbocycles. The molecule has 12 heteroatoms. The van der Waals surface area contributed by atoms with Crippen molar-refractivity contribution in [3.63, 3.8) is 0 Å². The summed E-state index contributed by atoms with van der Waals surface area (Å²) >= 11 is 0. The quantitative estimate of drug-likeness (QED) is 0.358. The molecule has 1 fully saturated rings. The van der Waals surface area contributed by atoms with Crippen LogP contribution in [-0.2, 0) is 16.0 Å². The molecule has 12 nitrogen and oxygen atoms in total. The van der Waals surface area contributed by atoms with Crippen molar-refractivity contribution in [1.29, 1.82) is 0 Å². The third-order valence-electron chi connectivity index (χ3n) is 6.23. The van der Waals surface area contributed by atoms with Crippen molar-refractivity contribution in [1.82, 2.24) is 30.6 Å². The highest BCUT2D eigenvalue weighted by atomic mass is 16.6. The minimum absolute atomic E-state index is 0.0944. The van der Waals surface area contributed by atoms with Crippen LogP contribution < -0.4 is 16.2 Å². The predicted octanol–water partition coefficient (Wildman–Crippen LogP) is 2.97. The molecular formula is C26H35N7O5. The van der Waals surface area contributed by atoms with E-state index in [9.17, 15) is 14.4 Å². The number of likely N-dealkylation sites (tertiary alicyclic amines) is 1. The predicted molar refractivity (Wildman–Crippen MR) is 141 cm³/mol. The number of nitrogens with zero attached hydrogens (tertiary/aromatic N) is 4. The maximum atomic E-state index is 12.2. The van der Waals surface area contributed by atoms with E-state index >= 15 is 0 Å². The Morgan fingerprint density at radius 2 is 1.89 bits per heavy atom. The largest absolute Gasteiger partial charge is 0.444 e. The van der Waals surface area contributed by atoms with Crippen LogP contribution in [0.15, 0.2) is 33.6 Å². The Balaban J connectivity index is 1.13. The summed E-state index contributed by atoms with van der Waals surface area (Å²) in [7, 11) is 0. The maximum Gasteiger partial charge on any atom is 0.410 e. The fraction of sp³-hybridized carbons (Fsp3) is 0.538. The Bertz CT molecular complexity index is 1310. The minimum atomic E-state index is -0.517. The molecule has 38 heavy (non-hydrogen) atoms. The normalized spacial score (nSPS) is 14.4. The van der Waals surface area contributed by atoms with Crippen molar-refractivity contribution in [2.75, 3.05) is 31.5 Å². The van der Waals surface area contributed by atoms with Crippen LogP contribution in [-0.4, -0.2) is 69.0 Å². The van der Waals surface area contributed by atoms with Gasteiger partial charge >= 0.3 is 6.09 Å². The number of piperidine rings is 1. The van der Waals surface area contributed by atoms with Gasteiger partial charge in [0.1, 0.15) is 5.60 Å². The van der Waals surface area contributed by atoms with Gasteiger partial charge < -0.3 is 24.8 Å². The lowest BCUT2D eigenvalue weighted by molar-refractivity contribution is -0.121. The first-order chi connectivity index (χ1) is 18.2. The third-order valence-corrected chi connectivity index (χ3v) is 6.23. The van der Waals surface area contributed by atoms with Gasteiger partial charge in [-0.1, -0.05) is 23.4 Å². The molecule has 3 heterocycles. The molecule has 1 aliphatic rings. The number of ether oxygens (including phenoxy) is 1. The highest BCUT2D eigenvalue weighted by molar-refractivity contribution is 5.90. The summed E-state index contributed by atoms with van der Waals surface area (Å²) in [5.74, 6) is 1.68. The van der Waals surface area contributed by atoms with Crippen LogP contribution in [0.5, 0.6) is 0 Å². The molecule has 0 spiro atoms. The molecule has 4 rings (SSSR count). The molecule has 0 unspecified atom stereocenters. The zero-order valence-corrected chi connectivity index (χ0v) is 22.1. The molecule has 0 bridgehead atoms. The Morgan fingerprint density at radius 1 is 1.16 bits per heavy atom. The third kappa shape index (κ3) is 7.30. The second-order valence-electron chi connectivity index (χ2n) is 10.4. The second kappa shape index (κ2) is 12.1. The summed E-state index contributed by atoms with van der Waals surface area (Å²) in [5, 5.41) is 18.1. The van der Waals surface area contributed by atoms with Gasteiger partial charge in [-0.3, -0.25) is 9.59 Å². The van der Waals surface area contributed by atoms with Crippen LogP contribution >= 0.6 is 0 Å². The summed E-state index contributed by atoms with van der Waals surface area (Å²) in [5.41, 5.74) is -0.743. The lowest BCUT2D eigenvalue weighted by atomic mass is 9.96. The maximum absolute atomic E-state index is 12.2. The van der Waals surface area contributed by atoms with Crippen LogP contribution in [0.3, 0.4) is 0 Å². The van der Waals surface area contributed by atoms with E-state index in [1.54, 1.807) is 11.0 Å². The first-order valence-electron chi connectivity index (χ1n) is 13.0. The van der Waals surface area contributed by atoms with Crippen molar-refractivity contribution in [2.45, 2.75) is 64.4 Å². The van der Waals surface area contributed by atoms with Crippen LogP contribution in [0, 0.1) is 0 Å². The molecule has 204 valence electrons. The zero-order chi connectivity index (χ0) is 27.1. The number of nitrogens with one attached hydrogen (secondary N) is 3. The van der Waals surface area contributed by atoms with E-state index in [0.717, 1.165) is 18.2 Å². The van der Waals surface area contributed by atoms with Gasteiger partial charge in [0.15, 0.2) is 11.6 Å². The first kappa shape index (κ1) is 27.1. The number of rotatable bonds is 9. The molecule has 0 radical (unpaired) electrons. The molecular weight excluding hydrogens is 490 g/mol. The number of benzene rings is 1. The number of aryl methyl sites for hydroxylation is 1. The fourth-order valence-corrected chi connectivity index (χ4v) is 4.26. The van der Waals surface area contributed by atoms with Crippen LogP contribution in [0.25, 0.3) is 10.8 Å². The van der Waals surface area contributed by atoms with Gasteiger partial charge in [0.2, 0.25) is 11.8 Å². The van der Waals surface area contributed by atoms with Crippen molar-refractivity contribution in [3.8, 4) is 0 Å². The average molecular weight is 526 g/mol. The standard InChI is InChI=1S/C26H35N7O5/c1-26(2,3)37-25(36)33-15-11-17(12-16-33)22-29-21(38-32-22)10-9-20(34)27-13-6-14-28-23-18-7-4-5-8-19(18)24(35)31-30-23/h4-5,7-8,17H,6,9-16H2,1-3H3,(H,27,34)(H,28,30)(H,31,35). The number of carbonyl (C=O) groups is 2. The van der Waals surface area contributed by atoms with E-state index in [-0.39, 0.29) is 29.9 Å². The van der Waals surface area contributed by atoms with E-state index < -0.39 is 5.60 Å². The van der Waals surface area contributed by atoms with Crippen molar-refractivity contribution in [2.24, 2.45) is 0 Å². The molecule has 1 aliphatic heterocycles. The smallest absolute Gasteiger partial charge is 0.410 e. The van der Waals surface area contributed by atoms with Crippen LogP contribution in [0.2, 0.25) is 0 Å². The molecule has 3 aromatic rings. The molecule has 0 aliphatic carbocycles. The highest BCUT2D eigenvalue weighted by Gasteiger charge is 2.29. The molecule has 2 aromatic heterocycles. The van der Waals surface area contributed by atoms with Gasteiger partial charge in [-0.15, -0.1) is 0 Å². The monoisotopic (exact) mass is 525 g/mol. The molecule has 0 atom stereocenters. The molecule has 2 amide bonds. The topological polar surface area (TPSA) is 155 Å². The number of anilines is 1. The van der Waals surface area contributed by atoms with Gasteiger partial charge in [-0.05, 0) is 46.1 Å². The van der Waals surface area contributed by atoms with Gasteiger partial charge in [-0.25, -0.2) is 9.89 Å². The Hall–Kier alpha value is -3.96. The molecule has 1 saturated heterocycles. The summed E-state index contributed by atoms with van der Waals surface area (Å²) in [6, 6.07) is 7.26. The van der Waals surface area contributed by atoms with E-state index in [0.29, 0.717) is 61.9 Å². The lowest BCUT2D eigenvalue weighted by Crippen LogP contribution is -2.41. The summed E-state index contributed by atoms with van der Waals surface area (Å²) in [6.07, 6.45) is 2.47. The van der Waals surface area contributed by atoms with E-state index in [2.05, 4.69) is 31.0 Å². The summed E-state index contributed by atoms with van der Waals surface area (Å²) in [4.78, 5) is 42.5. The second-order valence-corrected chi connectivity index (χ2v) is 10.4. The van der Waals surface area contributed by atoms with Gasteiger partial charge in [-0.2, -0.15) is 10.1 Å². The number of hydrogen-bond acceptors (Lipinski definition) is 9. The van der Waals surface area contributed by atoms with Crippen molar-refractivity contribution in [3.05, 3.63) is 46.3 Å². The number of amides is 2. The van der Waals surface area contributed by atoms with E-state index in [4.69, 9.17) is 9.26 Å².